The van der Waals surface area contributed by atoms with E-state index >= 15 is 0 Å². The summed E-state index contributed by atoms with van der Waals surface area (Å²) in [5.74, 6) is 0. The summed E-state index contributed by atoms with van der Waals surface area (Å²) in [4.78, 5) is 20.3. The third-order valence-electron chi connectivity index (χ3n) is 4.60. The molecule has 2 saturated heterocycles. The van der Waals surface area contributed by atoms with Crippen molar-refractivity contribution in [1.82, 2.24) is 9.88 Å². The van der Waals surface area contributed by atoms with E-state index in [1.165, 1.54) is 17.5 Å². The first-order valence-electron chi connectivity index (χ1n) is 7.63. The number of aryl methyl sites for hydroxylation is 1. The predicted octanol–water partition coefficient (Wildman–Crippen LogP) is 4.11. The minimum atomic E-state index is -0.108. The summed E-state index contributed by atoms with van der Waals surface area (Å²) in [6.07, 6.45) is 1.54. The molecule has 0 unspecified atom stereocenters. The van der Waals surface area contributed by atoms with Gasteiger partial charge < -0.3 is 9.80 Å². The summed E-state index contributed by atoms with van der Waals surface area (Å²) >= 11 is 13.3. The Labute approximate surface area is 154 Å². The van der Waals surface area contributed by atoms with Crippen LogP contribution in [0.4, 0.5) is 15.6 Å². The fourth-order valence-corrected chi connectivity index (χ4v) is 4.29. The second-order valence-corrected chi connectivity index (χ2v) is 8.61. The van der Waals surface area contributed by atoms with Crippen LogP contribution in [0.2, 0.25) is 9.36 Å². The highest BCUT2D eigenvalue weighted by atomic mass is 35.5. The van der Waals surface area contributed by atoms with Crippen molar-refractivity contribution in [3.05, 3.63) is 39.3 Å². The average Bonchev–Trinajstić information content (AvgIpc) is 2.85. The number of anilines is 2. The summed E-state index contributed by atoms with van der Waals surface area (Å²) in [6.45, 7) is 5.46. The second kappa shape index (κ2) is 5.79. The number of rotatable bonds is 2. The number of likely N-dealkylation sites (tertiary alicyclic amines) is 1. The third kappa shape index (κ3) is 2.83. The summed E-state index contributed by atoms with van der Waals surface area (Å²) in [7, 11) is 0. The Bertz CT molecular complexity index is 795. The van der Waals surface area contributed by atoms with Gasteiger partial charge in [0.2, 0.25) is 0 Å². The molecule has 0 bridgehead atoms. The molecule has 4 rings (SSSR count). The normalized spacial score (nSPS) is 18.3. The number of hydrogen-bond acceptors (Lipinski definition) is 4. The topological polar surface area (TPSA) is 48.5 Å². The van der Waals surface area contributed by atoms with Crippen molar-refractivity contribution in [2.24, 2.45) is 5.41 Å². The molecule has 5 nitrogen and oxygen atoms in total. The zero-order valence-corrected chi connectivity index (χ0v) is 15.4. The van der Waals surface area contributed by atoms with Crippen molar-refractivity contribution in [3.63, 3.8) is 0 Å². The van der Waals surface area contributed by atoms with Crippen LogP contribution in [0.15, 0.2) is 24.4 Å². The van der Waals surface area contributed by atoms with E-state index in [9.17, 15) is 4.79 Å². The van der Waals surface area contributed by atoms with Crippen LogP contribution in [0.1, 0.15) is 5.56 Å². The van der Waals surface area contributed by atoms with Crippen LogP contribution in [-0.4, -0.2) is 42.1 Å². The van der Waals surface area contributed by atoms with Crippen molar-refractivity contribution in [2.45, 2.75) is 6.92 Å². The number of benzene rings is 1. The number of carbonyl (C=O) groups is 1. The van der Waals surface area contributed by atoms with Gasteiger partial charge >= 0.3 is 6.03 Å². The van der Waals surface area contributed by atoms with Gasteiger partial charge in [-0.3, -0.25) is 5.32 Å². The van der Waals surface area contributed by atoms with Gasteiger partial charge in [-0.1, -0.05) is 40.6 Å². The second-order valence-electron chi connectivity index (χ2n) is 6.55. The van der Waals surface area contributed by atoms with Gasteiger partial charge in [0.1, 0.15) is 4.34 Å². The van der Waals surface area contributed by atoms with Crippen molar-refractivity contribution in [1.29, 1.82) is 0 Å². The lowest BCUT2D eigenvalue weighted by Gasteiger charge is -2.60. The number of aromatic nitrogens is 1. The molecule has 0 saturated carbocycles. The lowest BCUT2D eigenvalue weighted by atomic mass is 9.72. The molecular weight excluding hydrogens is 367 g/mol. The van der Waals surface area contributed by atoms with Crippen LogP contribution in [-0.2, 0) is 0 Å². The maximum Gasteiger partial charge on any atom is 0.323 e. The Morgan fingerprint density at radius 2 is 2.04 bits per heavy atom. The Balaban J connectivity index is 1.30. The van der Waals surface area contributed by atoms with Crippen LogP contribution >= 0.6 is 34.5 Å². The van der Waals surface area contributed by atoms with E-state index in [-0.39, 0.29) is 11.4 Å². The predicted molar refractivity (Wildman–Crippen MR) is 98.6 cm³/mol. The molecule has 3 heterocycles. The molecule has 1 aromatic carbocycles. The van der Waals surface area contributed by atoms with E-state index in [1.807, 2.05) is 24.0 Å². The highest BCUT2D eigenvalue weighted by Gasteiger charge is 2.53. The third-order valence-corrected chi connectivity index (χ3v) is 6.04. The lowest BCUT2D eigenvalue weighted by Crippen LogP contribution is -2.73. The van der Waals surface area contributed by atoms with Crippen molar-refractivity contribution >= 4 is 51.4 Å². The van der Waals surface area contributed by atoms with E-state index < -0.39 is 0 Å². The van der Waals surface area contributed by atoms with Gasteiger partial charge in [-0.2, -0.15) is 0 Å². The van der Waals surface area contributed by atoms with Gasteiger partial charge in [-0.15, -0.1) is 0 Å². The molecule has 2 aliphatic heterocycles. The molecule has 2 aromatic rings. The van der Waals surface area contributed by atoms with Crippen LogP contribution in [0.5, 0.6) is 0 Å². The minimum absolute atomic E-state index is 0.108. The molecule has 24 heavy (non-hydrogen) atoms. The average molecular weight is 383 g/mol. The Hall–Kier alpha value is -1.50. The van der Waals surface area contributed by atoms with Gasteiger partial charge in [0, 0.05) is 42.3 Å². The first kappa shape index (κ1) is 16.0. The van der Waals surface area contributed by atoms with Gasteiger partial charge in [0.05, 0.1) is 6.20 Å². The minimum Gasteiger partial charge on any atom is -0.370 e. The summed E-state index contributed by atoms with van der Waals surface area (Å²) in [5, 5.41) is 4.12. The molecule has 126 valence electrons. The number of nitrogens with zero attached hydrogens (tertiary/aromatic N) is 3. The summed E-state index contributed by atoms with van der Waals surface area (Å²) in [5.41, 5.74) is 2.45. The standard InChI is InChI=1S/C16H16Cl2N4OS/c1-10-2-3-11(4-12(10)17)21-6-16(7-21)8-22(9-16)15(23)20-14-19-5-13(18)24-14/h2-5H,6-9H2,1H3,(H,19,20,23). The number of carbonyl (C=O) groups excluding carboxylic acids is 1. The summed E-state index contributed by atoms with van der Waals surface area (Å²) in [6, 6.07) is 6.05. The summed E-state index contributed by atoms with van der Waals surface area (Å²) < 4.78 is 0.566. The fraction of sp³-hybridized carbons (Fsp3) is 0.375. The Kier molecular flexibility index (Phi) is 3.86. The maximum absolute atomic E-state index is 12.2. The number of nitrogens with one attached hydrogen (secondary N) is 1. The van der Waals surface area contributed by atoms with E-state index in [1.54, 1.807) is 0 Å². The Morgan fingerprint density at radius 1 is 1.29 bits per heavy atom. The molecule has 1 aromatic heterocycles. The van der Waals surface area contributed by atoms with E-state index in [2.05, 4.69) is 21.3 Å². The van der Waals surface area contributed by atoms with Crippen LogP contribution in [0.25, 0.3) is 0 Å². The number of halogens is 2. The SMILES string of the molecule is Cc1ccc(N2CC3(CN(C(=O)Nc4ncc(Cl)s4)C3)C2)cc1Cl. The monoisotopic (exact) mass is 382 g/mol. The van der Waals surface area contributed by atoms with Gasteiger partial charge in [-0.25, -0.2) is 9.78 Å². The molecule has 1 N–H and O–H groups in total. The number of amides is 2. The molecule has 0 radical (unpaired) electrons. The highest BCUT2D eigenvalue weighted by Crippen LogP contribution is 2.42. The molecule has 8 heteroatoms. The van der Waals surface area contributed by atoms with Crippen molar-refractivity contribution in [3.8, 4) is 0 Å². The zero-order chi connectivity index (χ0) is 16.9. The van der Waals surface area contributed by atoms with Crippen LogP contribution < -0.4 is 10.2 Å². The highest BCUT2D eigenvalue weighted by molar-refractivity contribution is 7.19. The van der Waals surface area contributed by atoms with Crippen molar-refractivity contribution < 1.29 is 4.79 Å². The molecule has 2 aliphatic rings. The van der Waals surface area contributed by atoms with Gasteiger partial charge in [-0.05, 0) is 24.6 Å². The zero-order valence-electron chi connectivity index (χ0n) is 13.1. The van der Waals surface area contributed by atoms with E-state index in [0.29, 0.717) is 9.47 Å². The molecule has 2 fully saturated rings. The lowest BCUT2D eigenvalue weighted by molar-refractivity contribution is 0.0123. The van der Waals surface area contributed by atoms with Crippen molar-refractivity contribution in [2.75, 3.05) is 36.4 Å². The van der Waals surface area contributed by atoms with E-state index in [4.69, 9.17) is 23.2 Å². The smallest absolute Gasteiger partial charge is 0.323 e. The number of hydrogen-bond donors (Lipinski definition) is 1. The molecule has 1 spiro atoms. The van der Waals surface area contributed by atoms with Crippen LogP contribution in [0.3, 0.4) is 0 Å². The Morgan fingerprint density at radius 3 is 2.67 bits per heavy atom. The number of thiazole rings is 1. The number of urea groups is 1. The van der Waals surface area contributed by atoms with E-state index in [0.717, 1.165) is 42.5 Å². The molecule has 2 amide bonds. The largest absolute Gasteiger partial charge is 0.370 e. The fourth-order valence-electron chi connectivity index (χ4n) is 3.31. The first-order chi connectivity index (χ1) is 11.4. The van der Waals surface area contributed by atoms with Gasteiger partial charge in [0.25, 0.3) is 0 Å². The molecule has 0 atom stereocenters. The maximum atomic E-state index is 12.2. The van der Waals surface area contributed by atoms with Crippen LogP contribution in [0, 0.1) is 12.3 Å². The molecular formula is C16H16Cl2N4OS. The van der Waals surface area contributed by atoms with Gasteiger partial charge in [0.15, 0.2) is 5.13 Å². The quantitative estimate of drug-likeness (QED) is 0.849. The molecule has 0 aliphatic carbocycles. The first-order valence-corrected chi connectivity index (χ1v) is 9.20.